The molecule has 0 aliphatic carbocycles. The molecule has 3 aromatic rings. The maximum absolute atomic E-state index is 12.2. The molecule has 0 saturated carbocycles. The Morgan fingerprint density at radius 2 is 1.95 bits per heavy atom. The van der Waals surface area contributed by atoms with Crippen molar-refractivity contribution in [2.24, 2.45) is 14.1 Å². The van der Waals surface area contributed by atoms with E-state index in [1.165, 1.54) is 11.6 Å². The van der Waals surface area contributed by atoms with Crippen molar-refractivity contribution in [3.8, 4) is 11.5 Å². The quantitative estimate of drug-likeness (QED) is 0.667. The van der Waals surface area contributed by atoms with Gasteiger partial charge in [-0.25, -0.2) is 9.78 Å². The lowest BCUT2D eigenvalue weighted by molar-refractivity contribution is 0.579. The normalized spacial score (nSPS) is 11.2. The lowest BCUT2D eigenvalue weighted by Gasteiger charge is -2.09. The van der Waals surface area contributed by atoms with E-state index in [0.29, 0.717) is 17.0 Å². The first-order valence-corrected chi connectivity index (χ1v) is 6.12. The highest BCUT2D eigenvalue weighted by Crippen LogP contribution is 2.23. The Bertz CT molecular complexity index is 917. The molecule has 6 nitrogen and oxygen atoms in total. The van der Waals surface area contributed by atoms with Gasteiger partial charge in [0.25, 0.3) is 5.56 Å². The second kappa shape index (κ2) is 4.19. The Morgan fingerprint density at radius 3 is 2.60 bits per heavy atom. The third kappa shape index (κ3) is 1.61. The molecule has 6 heteroatoms. The van der Waals surface area contributed by atoms with E-state index in [1.807, 2.05) is 6.92 Å². The van der Waals surface area contributed by atoms with Gasteiger partial charge in [-0.15, -0.1) is 0 Å². The molecule has 0 radical (unpaired) electrons. The Labute approximate surface area is 113 Å². The zero-order chi connectivity index (χ0) is 14.4. The van der Waals surface area contributed by atoms with E-state index in [9.17, 15) is 9.59 Å². The Balaban J connectivity index is 2.49. The Morgan fingerprint density at radius 1 is 1.20 bits per heavy atom. The van der Waals surface area contributed by atoms with Crippen molar-refractivity contribution in [1.29, 1.82) is 0 Å². The highest BCUT2D eigenvalue weighted by atomic mass is 16.3. The summed E-state index contributed by atoms with van der Waals surface area (Å²) in [5.41, 5.74) is 1.46. The number of hydrogen-bond acceptors (Lipinski definition) is 4. The van der Waals surface area contributed by atoms with Crippen molar-refractivity contribution in [1.82, 2.24) is 14.1 Å². The third-order valence-electron chi connectivity index (χ3n) is 3.39. The molecule has 3 aromatic heterocycles. The van der Waals surface area contributed by atoms with Gasteiger partial charge in [0.2, 0.25) is 0 Å². The topological polar surface area (TPSA) is 70.0 Å². The van der Waals surface area contributed by atoms with Crippen molar-refractivity contribution < 1.29 is 4.42 Å². The fourth-order valence-electron chi connectivity index (χ4n) is 2.25. The van der Waals surface area contributed by atoms with Gasteiger partial charge in [0.05, 0.1) is 11.8 Å². The van der Waals surface area contributed by atoms with E-state index in [2.05, 4.69) is 4.98 Å². The van der Waals surface area contributed by atoms with Crippen molar-refractivity contribution in [2.75, 3.05) is 0 Å². The predicted octanol–water partition coefficient (Wildman–Crippen LogP) is 1.20. The van der Waals surface area contributed by atoms with Gasteiger partial charge in [-0.2, -0.15) is 0 Å². The van der Waals surface area contributed by atoms with Gasteiger partial charge in [0.1, 0.15) is 5.69 Å². The first kappa shape index (κ1) is 12.4. The summed E-state index contributed by atoms with van der Waals surface area (Å²) in [5, 5.41) is 0. The zero-order valence-corrected chi connectivity index (χ0v) is 11.4. The van der Waals surface area contributed by atoms with Crippen LogP contribution in [0.4, 0.5) is 0 Å². The summed E-state index contributed by atoms with van der Waals surface area (Å²) in [4.78, 5) is 28.5. The number of aromatic nitrogens is 3. The van der Waals surface area contributed by atoms with Crippen LogP contribution in [0.3, 0.4) is 0 Å². The molecule has 0 aliphatic heterocycles. The fourth-order valence-corrected chi connectivity index (χ4v) is 2.25. The highest BCUT2D eigenvalue weighted by molar-refractivity contribution is 5.78. The van der Waals surface area contributed by atoms with Crippen LogP contribution in [0.2, 0.25) is 0 Å². The number of rotatable bonds is 1. The second-order valence-electron chi connectivity index (χ2n) is 4.70. The van der Waals surface area contributed by atoms with Gasteiger partial charge in [0, 0.05) is 14.1 Å². The molecule has 0 amide bonds. The van der Waals surface area contributed by atoms with Crippen LogP contribution >= 0.6 is 0 Å². The average Bonchev–Trinajstić information content (AvgIpc) is 2.96. The maximum Gasteiger partial charge on any atom is 0.331 e. The average molecular weight is 271 g/mol. The molecule has 3 rings (SSSR count). The summed E-state index contributed by atoms with van der Waals surface area (Å²) in [6.45, 7) is 1.87. The molecular formula is C14H13N3O3. The monoisotopic (exact) mass is 271 g/mol. The van der Waals surface area contributed by atoms with Gasteiger partial charge < -0.3 is 4.42 Å². The molecule has 0 fully saturated rings. The minimum absolute atomic E-state index is 0.256. The Kier molecular flexibility index (Phi) is 2.60. The minimum atomic E-state index is -0.407. The van der Waals surface area contributed by atoms with E-state index >= 15 is 0 Å². The van der Waals surface area contributed by atoms with E-state index in [0.717, 1.165) is 10.1 Å². The van der Waals surface area contributed by atoms with E-state index in [-0.39, 0.29) is 11.2 Å². The van der Waals surface area contributed by atoms with Crippen molar-refractivity contribution in [3.05, 3.63) is 50.9 Å². The summed E-state index contributed by atoms with van der Waals surface area (Å²) in [6.07, 6.45) is 1.56. The number of fused-ring (bicyclic) bond motifs is 1. The van der Waals surface area contributed by atoms with E-state index in [4.69, 9.17) is 4.42 Å². The summed E-state index contributed by atoms with van der Waals surface area (Å²) in [6, 6.07) is 5.33. The van der Waals surface area contributed by atoms with Crippen LogP contribution in [0.1, 0.15) is 5.56 Å². The van der Waals surface area contributed by atoms with Gasteiger partial charge in [-0.3, -0.25) is 13.9 Å². The SMILES string of the molecule is Cc1cc2c(nc1-c1ccco1)c(=O)n(C)c(=O)n2C. The molecule has 0 unspecified atom stereocenters. The third-order valence-corrected chi connectivity index (χ3v) is 3.39. The predicted molar refractivity (Wildman–Crippen MR) is 74.7 cm³/mol. The molecule has 0 spiro atoms. The lowest BCUT2D eigenvalue weighted by atomic mass is 10.1. The summed E-state index contributed by atoms with van der Waals surface area (Å²) < 4.78 is 7.80. The van der Waals surface area contributed by atoms with Crippen LogP contribution < -0.4 is 11.2 Å². The second-order valence-corrected chi connectivity index (χ2v) is 4.70. The molecule has 3 heterocycles. The minimum Gasteiger partial charge on any atom is -0.463 e. The summed E-state index contributed by atoms with van der Waals surface area (Å²) in [7, 11) is 3.07. The summed E-state index contributed by atoms with van der Waals surface area (Å²) >= 11 is 0. The molecule has 0 aromatic carbocycles. The van der Waals surface area contributed by atoms with E-state index in [1.54, 1.807) is 31.5 Å². The largest absolute Gasteiger partial charge is 0.463 e. The van der Waals surface area contributed by atoms with Crippen molar-refractivity contribution in [3.63, 3.8) is 0 Å². The summed E-state index contributed by atoms with van der Waals surface area (Å²) in [5.74, 6) is 0.598. The zero-order valence-electron chi connectivity index (χ0n) is 11.4. The first-order valence-electron chi connectivity index (χ1n) is 6.12. The molecule has 0 bridgehead atoms. The smallest absolute Gasteiger partial charge is 0.331 e. The van der Waals surface area contributed by atoms with Crippen LogP contribution in [0.25, 0.3) is 22.5 Å². The number of nitrogens with zero attached hydrogens (tertiary/aromatic N) is 3. The molecular weight excluding hydrogens is 258 g/mol. The molecule has 102 valence electrons. The van der Waals surface area contributed by atoms with Gasteiger partial charge >= 0.3 is 5.69 Å². The Hall–Kier alpha value is -2.63. The van der Waals surface area contributed by atoms with Gasteiger partial charge in [-0.1, -0.05) is 0 Å². The molecule has 0 saturated heterocycles. The number of furan rings is 1. The molecule has 0 atom stereocenters. The molecule has 0 N–H and O–H groups in total. The molecule has 0 aliphatic rings. The van der Waals surface area contributed by atoms with Gasteiger partial charge in [-0.05, 0) is 30.7 Å². The first-order chi connectivity index (χ1) is 9.50. The van der Waals surface area contributed by atoms with Crippen LogP contribution in [0.15, 0.2) is 38.5 Å². The highest BCUT2D eigenvalue weighted by Gasteiger charge is 2.14. The lowest BCUT2D eigenvalue weighted by Crippen LogP contribution is -2.37. The number of hydrogen-bond donors (Lipinski definition) is 0. The van der Waals surface area contributed by atoms with Crippen LogP contribution in [-0.2, 0) is 14.1 Å². The number of aryl methyl sites for hydroxylation is 2. The van der Waals surface area contributed by atoms with Crippen molar-refractivity contribution in [2.45, 2.75) is 6.92 Å². The standard InChI is InChI=1S/C14H13N3O3/c1-8-7-9-12(13(18)17(3)14(19)16(9)2)15-11(8)10-5-4-6-20-10/h4-7H,1-3H3. The number of pyridine rings is 1. The maximum atomic E-state index is 12.2. The van der Waals surface area contributed by atoms with E-state index < -0.39 is 5.56 Å². The van der Waals surface area contributed by atoms with Crippen LogP contribution in [0, 0.1) is 6.92 Å². The van der Waals surface area contributed by atoms with Crippen LogP contribution in [-0.4, -0.2) is 14.1 Å². The van der Waals surface area contributed by atoms with Crippen molar-refractivity contribution >= 4 is 11.0 Å². The molecule has 20 heavy (non-hydrogen) atoms. The fraction of sp³-hybridized carbons (Fsp3) is 0.214. The van der Waals surface area contributed by atoms with Crippen LogP contribution in [0.5, 0.6) is 0 Å². The van der Waals surface area contributed by atoms with Gasteiger partial charge in [0.15, 0.2) is 11.3 Å².